The summed E-state index contributed by atoms with van der Waals surface area (Å²) in [6.45, 7) is 0.0592. The molecule has 0 bridgehead atoms. The number of aliphatic hydroxyl groups excluding tert-OH is 1. The normalized spacial score (nSPS) is 10.4. The topological polar surface area (TPSA) is 66.4 Å². The highest BCUT2D eigenvalue weighted by molar-refractivity contribution is 6.00. The van der Waals surface area contributed by atoms with Gasteiger partial charge in [0.2, 0.25) is 5.91 Å². The van der Waals surface area contributed by atoms with Gasteiger partial charge in [0.25, 0.3) is 0 Å². The first-order valence-corrected chi connectivity index (χ1v) is 6.56. The summed E-state index contributed by atoms with van der Waals surface area (Å²) >= 11 is 0. The minimum atomic E-state index is -0.343. The molecule has 1 amide bonds. The first kappa shape index (κ1) is 14.2. The summed E-state index contributed by atoms with van der Waals surface area (Å²) < 4.78 is 0. The molecule has 0 saturated carbocycles. The summed E-state index contributed by atoms with van der Waals surface area (Å²) in [4.78, 5) is 23.3. The van der Waals surface area contributed by atoms with Crippen molar-refractivity contribution in [2.24, 2.45) is 0 Å². The molecular formula is C16H17NO3. The molecule has 2 aromatic carbocycles. The number of benzene rings is 2. The molecule has 0 fully saturated rings. The molecule has 0 aliphatic carbocycles. The van der Waals surface area contributed by atoms with Crippen LogP contribution >= 0.6 is 0 Å². The molecule has 2 aromatic rings. The van der Waals surface area contributed by atoms with Gasteiger partial charge in [0.15, 0.2) is 0 Å². The van der Waals surface area contributed by atoms with Crippen LogP contribution in [0.25, 0.3) is 10.8 Å². The number of Topliss-reactive ketones (excluding diaryl/α,β-unsaturated/α-hetero) is 1. The van der Waals surface area contributed by atoms with Gasteiger partial charge in [-0.05, 0) is 16.3 Å². The lowest BCUT2D eigenvalue weighted by Gasteiger charge is -2.06. The first-order valence-electron chi connectivity index (χ1n) is 6.56. The largest absolute Gasteiger partial charge is 0.395 e. The number of carbonyl (C=O) groups excluding carboxylic acids is 2. The zero-order valence-electron chi connectivity index (χ0n) is 11.1. The number of hydrogen-bond donors (Lipinski definition) is 2. The van der Waals surface area contributed by atoms with Crippen LogP contribution in [-0.4, -0.2) is 29.9 Å². The van der Waals surface area contributed by atoms with E-state index in [1.807, 2.05) is 42.5 Å². The van der Waals surface area contributed by atoms with Crippen molar-refractivity contribution in [3.8, 4) is 0 Å². The number of rotatable bonds is 6. The second kappa shape index (κ2) is 6.82. The zero-order chi connectivity index (χ0) is 14.4. The molecule has 0 aliphatic heterocycles. The molecular weight excluding hydrogens is 254 g/mol. The van der Waals surface area contributed by atoms with E-state index in [4.69, 9.17) is 5.11 Å². The van der Waals surface area contributed by atoms with Crippen molar-refractivity contribution in [2.75, 3.05) is 13.2 Å². The fourth-order valence-electron chi connectivity index (χ4n) is 2.16. The van der Waals surface area contributed by atoms with Crippen LogP contribution in [0, 0.1) is 0 Å². The Morgan fingerprint density at radius 2 is 1.80 bits per heavy atom. The molecule has 0 aliphatic rings. The van der Waals surface area contributed by atoms with Crippen molar-refractivity contribution in [1.29, 1.82) is 0 Å². The van der Waals surface area contributed by atoms with Gasteiger partial charge in [-0.2, -0.15) is 0 Å². The molecule has 0 heterocycles. The van der Waals surface area contributed by atoms with Gasteiger partial charge in [0.1, 0.15) is 5.78 Å². The number of fused-ring (bicyclic) bond motifs is 1. The summed E-state index contributed by atoms with van der Waals surface area (Å²) in [6, 6.07) is 13.7. The predicted octanol–water partition coefficient (Wildman–Crippen LogP) is 1.45. The van der Waals surface area contributed by atoms with Gasteiger partial charge in [-0.25, -0.2) is 0 Å². The fourth-order valence-corrected chi connectivity index (χ4v) is 2.16. The Morgan fingerprint density at radius 1 is 1.05 bits per heavy atom. The number of aliphatic hydroxyl groups is 1. The van der Waals surface area contributed by atoms with Crippen molar-refractivity contribution >= 4 is 22.5 Å². The van der Waals surface area contributed by atoms with E-state index in [2.05, 4.69) is 5.32 Å². The van der Waals surface area contributed by atoms with Crippen LogP contribution in [-0.2, 0) is 16.0 Å². The molecule has 0 radical (unpaired) electrons. The molecule has 4 heteroatoms. The maximum atomic E-state index is 11.9. The average Bonchev–Trinajstić information content (AvgIpc) is 2.45. The van der Waals surface area contributed by atoms with Crippen molar-refractivity contribution in [3.05, 3.63) is 48.0 Å². The average molecular weight is 271 g/mol. The molecule has 0 aromatic heterocycles. The van der Waals surface area contributed by atoms with E-state index >= 15 is 0 Å². The van der Waals surface area contributed by atoms with Gasteiger partial charge in [0.05, 0.1) is 13.0 Å². The monoisotopic (exact) mass is 271 g/mol. The van der Waals surface area contributed by atoms with Gasteiger partial charge in [-0.15, -0.1) is 0 Å². The van der Waals surface area contributed by atoms with Crippen LogP contribution in [0.2, 0.25) is 0 Å². The third-order valence-corrected chi connectivity index (χ3v) is 3.06. The lowest BCUT2D eigenvalue weighted by Crippen LogP contribution is -2.28. The highest BCUT2D eigenvalue weighted by Gasteiger charge is 2.11. The van der Waals surface area contributed by atoms with Gasteiger partial charge >= 0.3 is 0 Å². The van der Waals surface area contributed by atoms with E-state index in [1.54, 1.807) is 0 Å². The Morgan fingerprint density at radius 3 is 2.60 bits per heavy atom. The van der Waals surface area contributed by atoms with Crippen LogP contribution in [0.5, 0.6) is 0 Å². The maximum absolute atomic E-state index is 11.9. The molecule has 2 rings (SSSR count). The number of hydrogen-bond acceptors (Lipinski definition) is 3. The number of ketones is 1. The minimum absolute atomic E-state index is 0.122. The summed E-state index contributed by atoms with van der Waals surface area (Å²) in [7, 11) is 0. The molecule has 20 heavy (non-hydrogen) atoms. The van der Waals surface area contributed by atoms with Crippen molar-refractivity contribution < 1.29 is 14.7 Å². The van der Waals surface area contributed by atoms with E-state index in [-0.39, 0.29) is 37.7 Å². The minimum Gasteiger partial charge on any atom is -0.395 e. The molecule has 104 valence electrons. The predicted molar refractivity (Wildman–Crippen MR) is 77.4 cm³/mol. The highest BCUT2D eigenvalue weighted by Crippen LogP contribution is 2.19. The summed E-state index contributed by atoms with van der Waals surface area (Å²) in [5.74, 6) is -0.471. The Bertz CT molecular complexity index is 617. The summed E-state index contributed by atoms with van der Waals surface area (Å²) in [5, 5.41) is 13.2. The number of amides is 1. The number of nitrogens with one attached hydrogen (secondary N) is 1. The van der Waals surface area contributed by atoms with Crippen LogP contribution in [0.4, 0.5) is 0 Å². The maximum Gasteiger partial charge on any atom is 0.227 e. The molecule has 0 spiro atoms. The van der Waals surface area contributed by atoms with E-state index in [1.165, 1.54) is 0 Å². The van der Waals surface area contributed by atoms with Crippen LogP contribution in [0.3, 0.4) is 0 Å². The van der Waals surface area contributed by atoms with Crippen LogP contribution < -0.4 is 5.32 Å². The Hall–Kier alpha value is -2.20. The van der Waals surface area contributed by atoms with E-state index in [0.717, 1.165) is 16.3 Å². The van der Waals surface area contributed by atoms with Gasteiger partial charge in [0, 0.05) is 13.0 Å². The van der Waals surface area contributed by atoms with Crippen molar-refractivity contribution in [3.63, 3.8) is 0 Å². The second-order valence-corrected chi connectivity index (χ2v) is 4.60. The zero-order valence-corrected chi connectivity index (χ0v) is 11.1. The third kappa shape index (κ3) is 3.65. The molecule has 0 atom stereocenters. The lowest BCUT2D eigenvalue weighted by molar-refractivity contribution is -0.127. The van der Waals surface area contributed by atoms with E-state index in [9.17, 15) is 9.59 Å². The van der Waals surface area contributed by atoms with Crippen LogP contribution in [0.15, 0.2) is 42.5 Å². The smallest absolute Gasteiger partial charge is 0.227 e. The lowest BCUT2D eigenvalue weighted by atomic mass is 9.99. The quantitative estimate of drug-likeness (QED) is 0.781. The van der Waals surface area contributed by atoms with E-state index < -0.39 is 0 Å². The number of carbonyl (C=O) groups is 2. The standard InChI is InChI=1S/C16H17NO3/c18-9-8-17-16(20)11-14(19)10-13-6-3-5-12-4-1-2-7-15(12)13/h1-7,18H,8-11H2,(H,17,20). The third-order valence-electron chi connectivity index (χ3n) is 3.06. The van der Waals surface area contributed by atoms with Crippen LogP contribution in [0.1, 0.15) is 12.0 Å². The Balaban J connectivity index is 2.05. The SMILES string of the molecule is O=C(CC(=O)NCCO)Cc1cccc2ccccc12. The molecule has 0 saturated heterocycles. The molecule has 2 N–H and O–H groups in total. The highest BCUT2D eigenvalue weighted by atomic mass is 16.3. The summed E-state index contributed by atoms with van der Waals surface area (Å²) in [6.07, 6.45) is 0.0944. The van der Waals surface area contributed by atoms with Crippen molar-refractivity contribution in [1.82, 2.24) is 5.32 Å². The van der Waals surface area contributed by atoms with Crippen molar-refractivity contribution in [2.45, 2.75) is 12.8 Å². The van der Waals surface area contributed by atoms with Gasteiger partial charge in [-0.3, -0.25) is 9.59 Å². The second-order valence-electron chi connectivity index (χ2n) is 4.60. The Labute approximate surface area is 117 Å². The molecule has 0 unspecified atom stereocenters. The van der Waals surface area contributed by atoms with Gasteiger partial charge < -0.3 is 10.4 Å². The molecule has 4 nitrogen and oxygen atoms in total. The first-order chi connectivity index (χ1) is 9.70. The van der Waals surface area contributed by atoms with E-state index in [0.29, 0.717) is 0 Å². The fraction of sp³-hybridized carbons (Fsp3) is 0.250. The summed E-state index contributed by atoms with van der Waals surface area (Å²) in [5.41, 5.74) is 0.933. The Kier molecular flexibility index (Phi) is 4.85. The van der Waals surface area contributed by atoms with Gasteiger partial charge in [-0.1, -0.05) is 42.5 Å².